The van der Waals surface area contributed by atoms with Crippen LogP contribution in [0.3, 0.4) is 0 Å². The molecule has 290 valence electrons. The van der Waals surface area contributed by atoms with Gasteiger partial charge in [-0.25, -0.2) is 27.9 Å². The SMILES string of the molecule is COC(=O)[C@@H]1CC(F)(F)CN1C(=O)[C@H](C)NC(=O)c1ccc2c(c1)nc(CN1CC=C(c3cccc(OCc4ccc(Cl)cc4F)n3)CC1)n2C[C@@H]1CCO1. The Bertz CT molecular complexity index is 2140. The summed E-state index contributed by atoms with van der Waals surface area (Å²) in [6.45, 7) is 3.66. The van der Waals surface area contributed by atoms with E-state index in [1.807, 2.05) is 12.1 Å². The van der Waals surface area contributed by atoms with Crippen molar-refractivity contribution in [1.82, 2.24) is 29.7 Å². The monoisotopic (exact) mass is 780 g/mol. The number of carbonyl (C=O) groups excluding carboxylic acids is 3. The van der Waals surface area contributed by atoms with Gasteiger partial charge in [0.05, 0.1) is 49.6 Å². The molecule has 12 nitrogen and oxygen atoms in total. The lowest BCUT2D eigenvalue weighted by atomic mass is 10.0. The van der Waals surface area contributed by atoms with E-state index in [1.54, 1.807) is 36.4 Å². The van der Waals surface area contributed by atoms with E-state index in [-0.39, 0.29) is 18.3 Å². The number of aromatic nitrogens is 3. The molecule has 0 aliphatic carbocycles. The summed E-state index contributed by atoms with van der Waals surface area (Å²) in [6, 6.07) is 12.4. The number of pyridine rings is 1. The number of likely N-dealkylation sites (tertiary alicyclic amines) is 1. The molecule has 2 aromatic carbocycles. The maximum absolute atomic E-state index is 14.2. The third-order valence-electron chi connectivity index (χ3n) is 10.1. The Balaban J connectivity index is 1.02. The molecule has 3 aliphatic heterocycles. The summed E-state index contributed by atoms with van der Waals surface area (Å²) in [6.07, 6.45) is 2.97. The van der Waals surface area contributed by atoms with Gasteiger partial charge in [-0.15, -0.1) is 0 Å². The molecule has 55 heavy (non-hydrogen) atoms. The average Bonchev–Trinajstić information content (AvgIpc) is 3.67. The molecular weight excluding hydrogens is 741 g/mol. The van der Waals surface area contributed by atoms with E-state index in [4.69, 9.17) is 26.1 Å². The predicted molar refractivity (Wildman–Crippen MR) is 196 cm³/mol. The van der Waals surface area contributed by atoms with Crippen LogP contribution in [0.1, 0.15) is 53.6 Å². The quantitative estimate of drug-likeness (QED) is 0.188. The van der Waals surface area contributed by atoms with Gasteiger partial charge in [0.15, 0.2) is 0 Å². The normalized spacial score (nSPS) is 20.1. The Kier molecular flexibility index (Phi) is 11.1. The van der Waals surface area contributed by atoms with E-state index in [1.165, 1.54) is 13.0 Å². The first-order valence-electron chi connectivity index (χ1n) is 18.0. The van der Waals surface area contributed by atoms with Gasteiger partial charge in [-0.05, 0) is 61.7 Å². The number of esters is 1. The number of nitrogens with zero attached hydrogens (tertiary/aromatic N) is 5. The highest BCUT2D eigenvalue weighted by Crippen LogP contribution is 2.33. The van der Waals surface area contributed by atoms with E-state index >= 15 is 0 Å². The molecule has 5 heterocycles. The molecular formula is C39H40ClF3N6O6. The van der Waals surface area contributed by atoms with Crippen LogP contribution in [0.2, 0.25) is 5.02 Å². The molecule has 3 aliphatic rings. The molecule has 0 unspecified atom stereocenters. The lowest BCUT2D eigenvalue weighted by molar-refractivity contribution is -0.151. The van der Waals surface area contributed by atoms with Crippen molar-refractivity contribution in [3.63, 3.8) is 0 Å². The molecule has 2 saturated heterocycles. The number of halogens is 4. The van der Waals surface area contributed by atoms with Crippen LogP contribution in [-0.2, 0) is 38.8 Å². The summed E-state index contributed by atoms with van der Waals surface area (Å²) in [7, 11) is 1.07. The van der Waals surface area contributed by atoms with Gasteiger partial charge in [0, 0.05) is 48.3 Å². The van der Waals surface area contributed by atoms with E-state index in [0.717, 1.165) is 54.0 Å². The fourth-order valence-electron chi connectivity index (χ4n) is 7.02. The number of carbonyl (C=O) groups is 3. The Labute approximate surface area is 320 Å². The lowest BCUT2D eigenvalue weighted by Gasteiger charge is -2.29. The number of ether oxygens (including phenoxy) is 3. The van der Waals surface area contributed by atoms with Crippen molar-refractivity contribution in [2.45, 2.75) is 70.0 Å². The van der Waals surface area contributed by atoms with Crippen LogP contribution >= 0.6 is 11.6 Å². The lowest BCUT2D eigenvalue weighted by Crippen LogP contribution is -2.50. The number of nitrogens with one attached hydrogen (secondary N) is 1. The van der Waals surface area contributed by atoms with Crippen LogP contribution in [-0.4, -0.2) is 99.6 Å². The number of imidazole rings is 1. The van der Waals surface area contributed by atoms with Crippen molar-refractivity contribution < 1.29 is 41.8 Å². The van der Waals surface area contributed by atoms with Crippen LogP contribution in [0, 0.1) is 5.82 Å². The largest absolute Gasteiger partial charge is 0.473 e. The van der Waals surface area contributed by atoms with Gasteiger partial charge in [-0.3, -0.25) is 14.5 Å². The Morgan fingerprint density at radius 3 is 2.65 bits per heavy atom. The molecule has 2 fully saturated rings. The number of methoxy groups -OCH3 is 1. The second-order valence-electron chi connectivity index (χ2n) is 14.0. The van der Waals surface area contributed by atoms with Crippen LogP contribution in [0.5, 0.6) is 5.88 Å². The first-order chi connectivity index (χ1) is 26.4. The summed E-state index contributed by atoms with van der Waals surface area (Å²) in [5.41, 5.74) is 3.87. The summed E-state index contributed by atoms with van der Waals surface area (Å²) < 4.78 is 60.9. The topological polar surface area (TPSA) is 128 Å². The van der Waals surface area contributed by atoms with Gasteiger partial charge in [0.25, 0.3) is 11.8 Å². The first kappa shape index (κ1) is 38.3. The Morgan fingerprint density at radius 1 is 1.13 bits per heavy atom. The molecule has 0 bridgehead atoms. The molecule has 1 N–H and O–H groups in total. The maximum atomic E-state index is 14.2. The van der Waals surface area contributed by atoms with Gasteiger partial charge in [0.1, 0.15) is 30.3 Å². The second kappa shape index (κ2) is 16.0. The zero-order valence-electron chi connectivity index (χ0n) is 30.3. The van der Waals surface area contributed by atoms with Gasteiger partial charge in [0.2, 0.25) is 11.8 Å². The van der Waals surface area contributed by atoms with Crippen molar-refractivity contribution in [3.8, 4) is 5.88 Å². The number of hydrogen-bond acceptors (Lipinski definition) is 9. The zero-order valence-corrected chi connectivity index (χ0v) is 31.0. The van der Waals surface area contributed by atoms with Gasteiger partial charge >= 0.3 is 5.97 Å². The fraction of sp³-hybridized carbons (Fsp3) is 0.410. The number of benzene rings is 2. The minimum Gasteiger partial charge on any atom is -0.473 e. The average molecular weight is 781 g/mol. The molecule has 0 saturated carbocycles. The smallest absolute Gasteiger partial charge is 0.328 e. The molecule has 16 heteroatoms. The third-order valence-corrected chi connectivity index (χ3v) is 10.3. The molecule has 2 amide bonds. The van der Waals surface area contributed by atoms with Crippen molar-refractivity contribution in [3.05, 3.63) is 94.2 Å². The Hall–Kier alpha value is -4.99. The standard InChI is InChI=1S/C39H40ClF3N6O6/c1-23(37(51)49-22-39(42,43)18-33(49)38(52)53-2)44-36(50)25-7-9-32-31(16-25)45-34(48(32)19-28-12-15-54-28)20-47-13-10-24(11-14-47)30-4-3-5-35(46-30)55-21-26-6-8-27(40)17-29(26)41/h3-10,16-17,23,28,33H,11-15,18-22H2,1-2H3,(H,44,50)/t23-,28-,33-/m0/s1. The Morgan fingerprint density at radius 2 is 1.95 bits per heavy atom. The van der Waals surface area contributed by atoms with Gasteiger partial charge < -0.3 is 29.0 Å². The van der Waals surface area contributed by atoms with Crippen LogP contribution in [0.15, 0.2) is 60.7 Å². The van der Waals surface area contributed by atoms with E-state index in [9.17, 15) is 27.6 Å². The number of fused-ring (bicyclic) bond motifs is 1. The highest BCUT2D eigenvalue weighted by atomic mass is 35.5. The minimum absolute atomic E-state index is 0.0193. The zero-order chi connectivity index (χ0) is 38.9. The first-order valence-corrected chi connectivity index (χ1v) is 18.4. The van der Waals surface area contributed by atoms with Crippen molar-refractivity contribution >= 4 is 46.0 Å². The van der Waals surface area contributed by atoms with E-state index in [0.29, 0.717) is 48.2 Å². The highest BCUT2D eigenvalue weighted by molar-refractivity contribution is 6.30. The molecule has 0 radical (unpaired) electrons. The fourth-order valence-corrected chi connectivity index (χ4v) is 7.17. The van der Waals surface area contributed by atoms with Crippen molar-refractivity contribution in [2.75, 3.05) is 33.4 Å². The number of rotatable bonds is 12. The highest BCUT2D eigenvalue weighted by Gasteiger charge is 2.51. The molecule has 2 aromatic heterocycles. The van der Waals surface area contributed by atoms with Crippen LogP contribution < -0.4 is 10.1 Å². The summed E-state index contributed by atoms with van der Waals surface area (Å²) >= 11 is 5.86. The van der Waals surface area contributed by atoms with E-state index < -0.39 is 54.6 Å². The minimum atomic E-state index is -3.25. The number of hydrogen-bond donors (Lipinski definition) is 1. The van der Waals surface area contributed by atoms with Crippen molar-refractivity contribution in [2.24, 2.45) is 0 Å². The van der Waals surface area contributed by atoms with Crippen LogP contribution in [0.4, 0.5) is 13.2 Å². The predicted octanol–water partition coefficient (Wildman–Crippen LogP) is 5.41. The summed E-state index contributed by atoms with van der Waals surface area (Å²) in [4.78, 5) is 51.2. The molecule has 7 rings (SSSR count). The molecule has 3 atom stereocenters. The number of alkyl halides is 2. The summed E-state index contributed by atoms with van der Waals surface area (Å²) in [5, 5.41) is 2.91. The van der Waals surface area contributed by atoms with Gasteiger partial charge in [-0.2, -0.15) is 0 Å². The van der Waals surface area contributed by atoms with Gasteiger partial charge in [-0.1, -0.05) is 29.8 Å². The summed E-state index contributed by atoms with van der Waals surface area (Å²) in [5.74, 6) is -4.84. The third kappa shape index (κ3) is 8.63. The second-order valence-corrected chi connectivity index (χ2v) is 14.4. The number of amides is 2. The van der Waals surface area contributed by atoms with E-state index in [2.05, 4.69) is 30.6 Å². The van der Waals surface area contributed by atoms with Crippen LogP contribution in [0.25, 0.3) is 16.6 Å². The van der Waals surface area contributed by atoms with Crippen molar-refractivity contribution in [1.29, 1.82) is 0 Å². The molecule has 4 aromatic rings. The maximum Gasteiger partial charge on any atom is 0.328 e. The molecule has 0 spiro atoms.